The van der Waals surface area contributed by atoms with Crippen LogP contribution in [0.3, 0.4) is 0 Å². The fraction of sp³-hybridized carbons (Fsp3) is 0.364. The molecule has 0 unspecified atom stereocenters. The molecule has 1 aliphatic carbocycles. The molecule has 16 heavy (non-hydrogen) atoms. The Balaban J connectivity index is 2.16. The molecule has 0 spiro atoms. The smallest absolute Gasteiger partial charge is 0.416 e. The molecule has 0 saturated heterocycles. The van der Waals surface area contributed by atoms with E-state index in [2.05, 4.69) is 0 Å². The second kappa shape index (κ2) is 3.81. The number of alkyl halides is 3. The van der Waals surface area contributed by atoms with Gasteiger partial charge in [0, 0.05) is 18.4 Å². The van der Waals surface area contributed by atoms with Gasteiger partial charge in [-0.25, -0.2) is 4.74 Å². The van der Waals surface area contributed by atoms with E-state index in [4.69, 9.17) is 0 Å². The van der Waals surface area contributed by atoms with E-state index in [1.807, 2.05) is 0 Å². The Bertz CT molecular complexity index is 404. The normalized spacial score (nSPS) is 17.6. The van der Waals surface area contributed by atoms with E-state index >= 15 is 0 Å². The Morgan fingerprint density at radius 2 is 1.75 bits per heavy atom. The highest BCUT2D eigenvalue weighted by molar-refractivity contribution is 5.75. The van der Waals surface area contributed by atoms with Crippen LogP contribution < -0.4 is 0 Å². The molecule has 0 heterocycles. The molecule has 1 aromatic rings. The van der Waals surface area contributed by atoms with Crippen molar-refractivity contribution in [1.82, 2.24) is 0 Å². The predicted molar refractivity (Wildman–Crippen MR) is 53.3 cm³/mol. The maximum Gasteiger partial charge on any atom is 0.416 e. The summed E-state index contributed by atoms with van der Waals surface area (Å²) in [7, 11) is 0. The van der Waals surface area contributed by atoms with Crippen molar-refractivity contribution < 1.29 is 17.9 Å². The van der Waals surface area contributed by atoms with Crippen molar-refractivity contribution in [3.63, 3.8) is 0 Å². The highest BCUT2D eigenvalue weighted by Gasteiger charge is 2.31. The second-order valence-corrected chi connectivity index (χ2v) is 3.84. The Hall–Kier alpha value is -1.52. The molecule has 0 bridgehead atoms. The molecule has 0 N–H and O–H groups in total. The molecule has 1 aromatic carbocycles. The maximum atomic E-state index is 12.2. The number of hydroxylamine groups is 1. The SMILES string of the molecule is [O-]/[N+](=C/c1ccc(C(F)(F)F)cc1)C1CC1. The molecule has 0 amide bonds. The van der Waals surface area contributed by atoms with E-state index in [1.54, 1.807) is 0 Å². The van der Waals surface area contributed by atoms with Gasteiger partial charge < -0.3 is 5.21 Å². The van der Waals surface area contributed by atoms with E-state index in [0.29, 0.717) is 5.56 Å². The summed E-state index contributed by atoms with van der Waals surface area (Å²) >= 11 is 0. The quantitative estimate of drug-likeness (QED) is 0.331. The van der Waals surface area contributed by atoms with Gasteiger partial charge in [-0.1, -0.05) is 0 Å². The third kappa shape index (κ3) is 2.53. The van der Waals surface area contributed by atoms with Gasteiger partial charge in [0.25, 0.3) is 0 Å². The molecule has 0 aliphatic heterocycles. The van der Waals surface area contributed by atoms with Crippen LogP contribution in [0, 0.1) is 5.21 Å². The standard InChI is InChI=1S/C11H10F3NO/c12-11(13,14)9-3-1-8(2-4-9)7-15(16)10-5-6-10/h1-4,7,10H,5-6H2/b15-7+. The van der Waals surface area contributed by atoms with Crippen LogP contribution in [0.1, 0.15) is 24.0 Å². The molecule has 1 saturated carbocycles. The molecule has 0 radical (unpaired) electrons. The van der Waals surface area contributed by atoms with Crippen LogP contribution in [-0.2, 0) is 6.18 Å². The van der Waals surface area contributed by atoms with Crippen molar-refractivity contribution in [2.45, 2.75) is 25.1 Å². The highest BCUT2D eigenvalue weighted by atomic mass is 19.4. The minimum absolute atomic E-state index is 0.0160. The summed E-state index contributed by atoms with van der Waals surface area (Å²) in [6.45, 7) is 0. The van der Waals surface area contributed by atoms with Crippen molar-refractivity contribution in [3.8, 4) is 0 Å². The van der Waals surface area contributed by atoms with Gasteiger partial charge in [0.15, 0.2) is 12.3 Å². The molecule has 0 atom stereocenters. The number of hydrogen-bond acceptors (Lipinski definition) is 1. The van der Waals surface area contributed by atoms with Crippen LogP contribution in [-0.4, -0.2) is 17.0 Å². The van der Waals surface area contributed by atoms with E-state index in [9.17, 15) is 18.4 Å². The third-order valence-corrected chi connectivity index (χ3v) is 2.42. The second-order valence-electron chi connectivity index (χ2n) is 3.84. The van der Waals surface area contributed by atoms with Gasteiger partial charge in [0.1, 0.15) is 0 Å². The molecule has 5 heteroatoms. The van der Waals surface area contributed by atoms with Crippen LogP contribution in [0.25, 0.3) is 0 Å². The molecule has 2 rings (SSSR count). The Morgan fingerprint density at radius 1 is 1.19 bits per heavy atom. The molecule has 2 nitrogen and oxygen atoms in total. The zero-order valence-corrected chi connectivity index (χ0v) is 8.37. The zero-order chi connectivity index (χ0) is 11.8. The summed E-state index contributed by atoms with van der Waals surface area (Å²) in [6.07, 6.45) is -1.27. The number of benzene rings is 1. The first kappa shape index (κ1) is 11.0. The molecule has 0 aromatic heterocycles. The van der Waals surface area contributed by atoms with Crippen molar-refractivity contribution >= 4 is 6.21 Å². The number of nitrogens with zero attached hydrogens (tertiary/aromatic N) is 1. The predicted octanol–water partition coefficient (Wildman–Crippen LogP) is 2.80. The first-order valence-electron chi connectivity index (χ1n) is 4.94. The maximum absolute atomic E-state index is 12.2. The third-order valence-electron chi connectivity index (χ3n) is 2.42. The molecule has 86 valence electrons. The van der Waals surface area contributed by atoms with Gasteiger partial charge in [-0.15, -0.1) is 0 Å². The Kier molecular flexibility index (Phi) is 2.61. The average molecular weight is 229 g/mol. The van der Waals surface area contributed by atoms with Gasteiger partial charge in [0.2, 0.25) is 0 Å². The number of hydrogen-bond donors (Lipinski definition) is 0. The van der Waals surface area contributed by atoms with Crippen LogP contribution in [0.15, 0.2) is 24.3 Å². The van der Waals surface area contributed by atoms with Crippen LogP contribution in [0.2, 0.25) is 0 Å². The fourth-order valence-corrected chi connectivity index (χ4v) is 1.34. The molecular weight excluding hydrogens is 219 g/mol. The summed E-state index contributed by atoms with van der Waals surface area (Å²) in [5.74, 6) is 0. The van der Waals surface area contributed by atoms with E-state index in [-0.39, 0.29) is 6.04 Å². The zero-order valence-electron chi connectivity index (χ0n) is 8.37. The molecule has 1 fully saturated rings. The van der Waals surface area contributed by atoms with Crippen molar-refractivity contribution in [1.29, 1.82) is 0 Å². The fourth-order valence-electron chi connectivity index (χ4n) is 1.34. The van der Waals surface area contributed by atoms with Crippen LogP contribution in [0.4, 0.5) is 13.2 Å². The van der Waals surface area contributed by atoms with Gasteiger partial charge in [0.05, 0.1) is 5.56 Å². The summed E-state index contributed by atoms with van der Waals surface area (Å²) in [5.41, 5.74) is -0.205. The topological polar surface area (TPSA) is 26.1 Å². The van der Waals surface area contributed by atoms with Gasteiger partial charge in [-0.2, -0.15) is 13.2 Å². The number of halogens is 3. The van der Waals surface area contributed by atoms with E-state index in [1.165, 1.54) is 18.3 Å². The first-order valence-corrected chi connectivity index (χ1v) is 4.94. The lowest BCUT2D eigenvalue weighted by Gasteiger charge is -2.06. The van der Waals surface area contributed by atoms with Crippen LogP contribution in [0.5, 0.6) is 0 Å². The summed E-state index contributed by atoms with van der Waals surface area (Å²) < 4.78 is 37.5. The van der Waals surface area contributed by atoms with Gasteiger partial charge in [-0.05, 0) is 24.3 Å². The summed E-state index contributed by atoms with van der Waals surface area (Å²) in [6, 6.07) is 4.58. The molecule has 1 aliphatic rings. The lowest BCUT2D eigenvalue weighted by Crippen LogP contribution is -2.08. The molecular formula is C11H10F3NO. The van der Waals surface area contributed by atoms with Gasteiger partial charge in [-0.3, -0.25) is 0 Å². The minimum atomic E-state index is -4.33. The van der Waals surface area contributed by atoms with Crippen LogP contribution >= 0.6 is 0 Å². The summed E-state index contributed by atoms with van der Waals surface area (Å²) in [4.78, 5) is 0. The Labute approximate surface area is 90.6 Å². The largest absolute Gasteiger partial charge is 0.624 e. The van der Waals surface area contributed by atoms with E-state index < -0.39 is 11.7 Å². The van der Waals surface area contributed by atoms with Crippen molar-refractivity contribution in [2.75, 3.05) is 0 Å². The van der Waals surface area contributed by atoms with Crippen molar-refractivity contribution in [3.05, 3.63) is 40.6 Å². The monoisotopic (exact) mass is 229 g/mol. The lowest BCUT2D eigenvalue weighted by atomic mass is 10.1. The van der Waals surface area contributed by atoms with Crippen molar-refractivity contribution in [2.24, 2.45) is 0 Å². The first-order chi connectivity index (χ1) is 7.47. The van der Waals surface area contributed by atoms with Gasteiger partial charge >= 0.3 is 6.18 Å². The lowest BCUT2D eigenvalue weighted by molar-refractivity contribution is -0.467. The Morgan fingerprint density at radius 3 is 2.19 bits per heavy atom. The van der Waals surface area contributed by atoms with E-state index in [0.717, 1.165) is 29.7 Å². The summed E-state index contributed by atoms with van der Waals surface area (Å²) in [5, 5.41) is 11.3. The highest BCUT2D eigenvalue weighted by Crippen LogP contribution is 2.29. The minimum Gasteiger partial charge on any atom is -0.624 e. The number of rotatable bonds is 2. The average Bonchev–Trinajstić information content (AvgIpc) is 3.00.